The summed E-state index contributed by atoms with van der Waals surface area (Å²) in [4.78, 5) is 29.0. The number of alkyl halides is 3. The lowest BCUT2D eigenvalue weighted by atomic mass is 9.93. The molecule has 9 heteroatoms. The van der Waals surface area contributed by atoms with E-state index in [2.05, 4.69) is 4.90 Å². The van der Waals surface area contributed by atoms with Gasteiger partial charge in [-0.1, -0.05) is 19.3 Å². The molecule has 0 unspecified atom stereocenters. The highest BCUT2D eigenvalue weighted by molar-refractivity contribution is 6.05. The second kappa shape index (κ2) is 8.61. The molecule has 0 bridgehead atoms. The molecule has 160 valence electrons. The van der Waals surface area contributed by atoms with Crippen LogP contribution in [0.25, 0.3) is 0 Å². The summed E-state index contributed by atoms with van der Waals surface area (Å²) < 4.78 is 40.2. The van der Waals surface area contributed by atoms with Crippen LogP contribution in [0.15, 0.2) is 18.2 Å². The number of rotatable bonds is 4. The predicted octanol–water partition coefficient (Wildman–Crippen LogP) is 3.36. The van der Waals surface area contributed by atoms with E-state index in [1.807, 2.05) is 11.9 Å². The van der Waals surface area contributed by atoms with Crippen molar-refractivity contribution in [2.45, 2.75) is 44.3 Å². The Morgan fingerprint density at radius 3 is 2.24 bits per heavy atom. The molecule has 0 radical (unpaired) electrons. The molecular formula is C20H26F3N3O3. The van der Waals surface area contributed by atoms with Crippen molar-refractivity contribution >= 4 is 23.3 Å². The van der Waals surface area contributed by atoms with Crippen molar-refractivity contribution < 1.29 is 27.9 Å². The third kappa shape index (κ3) is 4.83. The van der Waals surface area contributed by atoms with Crippen LogP contribution in [-0.4, -0.2) is 67.3 Å². The molecule has 1 N–H and O–H groups in total. The number of nitrogens with zero attached hydrogens (tertiary/aromatic N) is 3. The average molecular weight is 413 g/mol. The number of halogens is 3. The Bertz CT molecular complexity index is 755. The second-order valence-electron chi connectivity index (χ2n) is 7.76. The third-order valence-electron chi connectivity index (χ3n) is 5.74. The number of anilines is 2. The number of hydrogen-bond acceptors (Lipinski definition) is 4. The van der Waals surface area contributed by atoms with Gasteiger partial charge in [-0.15, -0.1) is 0 Å². The first-order valence-electron chi connectivity index (χ1n) is 9.89. The van der Waals surface area contributed by atoms with Crippen LogP contribution >= 0.6 is 0 Å². The van der Waals surface area contributed by atoms with Gasteiger partial charge in [-0.2, -0.15) is 13.2 Å². The van der Waals surface area contributed by atoms with Gasteiger partial charge < -0.3 is 19.8 Å². The number of aromatic carboxylic acids is 1. The fraction of sp³-hybridized carbons (Fsp3) is 0.600. The van der Waals surface area contributed by atoms with Gasteiger partial charge in [0.25, 0.3) is 0 Å². The van der Waals surface area contributed by atoms with Gasteiger partial charge in [0, 0.05) is 37.9 Å². The van der Waals surface area contributed by atoms with Crippen molar-refractivity contribution in [1.29, 1.82) is 0 Å². The molecular weight excluding hydrogens is 387 g/mol. The third-order valence-corrected chi connectivity index (χ3v) is 5.74. The molecule has 0 spiro atoms. The lowest BCUT2D eigenvalue weighted by Gasteiger charge is -2.37. The zero-order chi connectivity index (χ0) is 21.2. The summed E-state index contributed by atoms with van der Waals surface area (Å²) >= 11 is 0. The van der Waals surface area contributed by atoms with Gasteiger partial charge in [-0.3, -0.25) is 4.79 Å². The molecule has 6 nitrogen and oxygen atoms in total. The fourth-order valence-corrected chi connectivity index (χ4v) is 4.11. The van der Waals surface area contributed by atoms with Gasteiger partial charge in [0.1, 0.15) is 0 Å². The van der Waals surface area contributed by atoms with Gasteiger partial charge >= 0.3 is 18.1 Å². The van der Waals surface area contributed by atoms with Crippen LogP contribution in [-0.2, 0) is 4.79 Å². The highest BCUT2D eigenvalue weighted by Crippen LogP contribution is 2.36. The van der Waals surface area contributed by atoms with Crippen LogP contribution in [0.2, 0.25) is 0 Å². The molecule has 2 fully saturated rings. The maximum Gasteiger partial charge on any atom is 0.471 e. The van der Waals surface area contributed by atoms with Crippen molar-refractivity contribution in [3.05, 3.63) is 23.8 Å². The molecule has 1 aromatic carbocycles. The quantitative estimate of drug-likeness (QED) is 0.820. The molecule has 1 amide bonds. The maximum atomic E-state index is 13.4. The first-order chi connectivity index (χ1) is 13.7. The van der Waals surface area contributed by atoms with Crippen LogP contribution in [0.3, 0.4) is 0 Å². The topological polar surface area (TPSA) is 64.1 Å². The van der Waals surface area contributed by atoms with E-state index in [-0.39, 0.29) is 11.3 Å². The minimum Gasteiger partial charge on any atom is -0.478 e. The number of carboxylic acids is 1. The van der Waals surface area contributed by atoms with Crippen molar-refractivity contribution in [2.24, 2.45) is 0 Å². The SMILES string of the molecule is CN1CCN(c2ccc(C(=O)O)c(N(C(=O)C(F)(F)F)C3CCCCC3)c2)CC1. The zero-order valence-electron chi connectivity index (χ0n) is 16.4. The fourth-order valence-electron chi connectivity index (χ4n) is 4.11. The van der Waals surface area contributed by atoms with Crippen molar-refractivity contribution in [1.82, 2.24) is 4.90 Å². The minimum atomic E-state index is -5.07. The molecule has 1 aliphatic carbocycles. The van der Waals surface area contributed by atoms with Crippen LogP contribution in [0.4, 0.5) is 24.5 Å². The van der Waals surface area contributed by atoms with Crippen molar-refractivity contribution in [3.63, 3.8) is 0 Å². The van der Waals surface area contributed by atoms with E-state index in [9.17, 15) is 27.9 Å². The van der Waals surface area contributed by atoms with E-state index in [0.29, 0.717) is 49.4 Å². The van der Waals surface area contributed by atoms with Crippen molar-refractivity contribution in [3.8, 4) is 0 Å². The average Bonchev–Trinajstić information content (AvgIpc) is 2.68. The summed E-state index contributed by atoms with van der Waals surface area (Å²) in [5, 5.41) is 9.59. The number of likely N-dealkylation sites (N-methyl/N-ethyl adjacent to an activating group) is 1. The molecule has 2 aliphatic rings. The summed E-state index contributed by atoms with van der Waals surface area (Å²) in [5.41, 5.74) is 0.183. The summed E-state index contributed by atoms with van der Waals surface area (Å²) in [6.07, 6.45) is -1.88. The Morgan fingerprint density at radius 2 is 1.69 bits per heavy atom. The van der Waals surface area contributed by atoms with E-state index in [1.54, 1.807) is 6.07 Å². The number of amides is 1. The Balaban J connectivity index is 2.05. The molecule has 1 heterocycles. The molecule has 0 aromatic heterocycles. The Hall–Kier alpha value is -2.29. The summed E-state index contributed by atoms with van der Waals surface area (Å²) in [6.45, 7) is 2.95. The Morgan fingerprint density at radius 1 is 1.07 bits per heavy atom. The normalized spacial score (nSPS) is 19.2. The van der Waals surface area contributed by atoms with E-state index in [4.69, 9.17) is 0 Å². The number of benzene rings is 1. The highest BCUT2D eigenvalue weighted by Gasteiger charge is 2.46. The van der Waals surface area contributed by atoms with Crippen LogP contribution < -0.4 is 9.80 Å². The summed E-state index contributed by atoms with van der Waals surface area (Å²) in [5.74, 6) is -3.34. The zero-order valence-corrected chi connectivity index (χ0v) is 16.4. The predicted molar refractivity (Wildman–Crippen MR) is 104 cm³/mol. The van der Waals surface area contributed by atoms with Crippen LogP contribution in [0.5, 0.6) is 0 Å². The number of carbonyl (C=O) groups excluding carboxylic acids is 1. The summed E-state index contributed by atoms with van der Waals surface area (Å²) in [6, 6.07) is 3.70. The smallest absolute Gasteiger partial charge is 0.471 e. The Kier molecular flexibility index (Phi) is 6.36. The second-order valence-corrected chi connectivity index (χ2v) is 7.76. The van der Waals surface area contributed by atoms with E-state index in [1.165, 1.54) is 12.1 Å². The van der Waals surface area contributed by atoms with Gasteiger partial charge in [-0.05, 0) is 38.1 Å². The molecule has 3 rings (SSSR count). The Labute approximate surface area is 167 Å². The van der Waals surface area contributed by atoms with E-state index in [0.717, 1.165) is 19.5 Å². The molecule has 1 aliphatic heterocycles. The minimum absolute atomic E-state index is 0.164. The van der Waals surface area contributed by atoms with E-state index >= 15 is 0 Å². The lowest BCUT2D eigenvalue weighted by Crippen LogP contribution is -2.49. The maximum absolute atomic E-state index is 13.4. The van der Waals surface area contributed by atoms with Crippen molar-refractivity contribution in [2.75, 3.05) is 43.0 Å². The van der Waals surface area contributed by atoms with Gasteiger partial charge in [0.2, 0.25) is 0 Å². The first kappa shape index (κ1) is 21.4. The molecule has 1 saturated heterocycles. The number of carbonyl (C=O) groups is 2. The number of hydrogen-bond donors (Lipinski definition) is 1. The largest absolute Gasteiger partial charge is 0.478 e. The molecule has 0 atom stereocenters. The van der Waals surface area contributed by atoms with Crippen LogP contribution in [0, 0.1) is 0 Å². The lowest BCUT2D eigenvalue weighted by molar-refractivity contribution is -0.171. The van der Waals surface area contributed by atoms with Gasteiger partial charge in [-0.25, -0.2) is 4.79 Å². The van der Waals surface area contributed by atoms with Crippen LogP contribution in [0.1, 0.15) is 42.5 Å². The standard InChI is InChI=1S/C20H26F3N3O3/c1-24-9-11-25(12-10-24)15-7-8-16(18(27)28)17(13-15)26(19(29)20(21,22)23)14-5-3-2-4-6-14/h7-8,13-14H,2-6,9-12H2,1H3,(H,27,28). The van der Waals surface area contributed by atoms with Gasteiger partial charge in [0.15, 0.2) is 0 Å². The van der Waals surface area contributed by atoms with E-state index < -0.39 is 24.1 Å². The number of carboxylic acid groups (broad SMARTS) is 1. The number of piperazine rings is 1. The highest BCUT2D eigenvalue weighted by atomic mass is 19.4. The molecule has 1 aromatic rings. The molecule has 1 saturated carbocycles. The summed E-state index contributed by atoms with van der Waals surface area (Å²) in [7, 11) is 1.99. The first-order valence-corrected chi connectivity index (χ1v) is 9.89. The van der Waals surface area contributed by atoms with Gasteiger partial charge in [0.05, 0.1) is 11.3 Å². The monoisotopic (exact) mass is 413 g/mol. The molecule has 29 heavy (non-hydrogen) atoms.